The largest absolute Gasteiger partial charge is 0.493 e. The molecule has 6 nitrogen and oxygen atoms in total. The van der Waals surface area contributed by atoms with E-state index in [-0.39, 0.29) is 11.8 Å². The molecule has 1 aliphatic carbocycles. The summed E-state index contributed by atoms with van der Waals surface area (Å²) < 4.78 is 17.4. The Morgan fingerprint density at radius 1 is 1.06 bits per heavy atom. The molecule has 0 radical (unpaired) electrons. The summed E-state index contributed by atoms with van der Waals surface area (Å²) in [6, 6.07) is 15.6. The Morgan fingerprint density at radius 3 is 2.61 bits per heavy atom. The monoisotopic (exact) mass is 489 g/mol. The molecule has 0 fully saturated rings. The van der Waals surface area contributed by atoms with Gasteiger partial charge in [-0.1, -0.05) is 56.2 Å². The lowest BCUT2D eigenvalue weighted by atomic mass is 9.75. The number of hydrogen-bond acceptors (Lipinski definition) is 6. The van der Waals surface area contributed by atoms with Crippen molar-refractivity contribution in [1.82, 2.24) is 5.32 Å². The Hall–Kier alpha value is -3.54. The number of unbranched alkanes of at least 4 members (excludes halogenated alkanes) is 2. The van der Waals surface area contributed by atoms with Crippen LogP contribution in [0.4, 0.5) is 0 Å². The van der Waals surface area contributed by atoms with Gasteiger partial charge in [0.25, 0.3) is 0 Å². The first kappa shape index (κ1) is 25.5. The van der Waals surface area contributed by atoms with Crippen molar-refractivity contribution in [2.24, 2.45) is 0 Å². The van der Waals surface area contributed by atoms with Crippen LogP contribution in [0.25, 0.3) is 0 Å². The predicted octanol–water partition coefficient (Wildman–Crippen LogP) is 5.98. The average Bonchev–Trinajstić information content (AvgIpc) is 2.89. The summed E-state index contributed by atoms with van der Waals surface area (Å²) in [4.78, 5) is 26.4. The van der Waals surface area contributed by atoms with Crippen molar-refractivity contribution in [3.63, 3.8) is 0 Å². The molecule has 1 N–H and O–H groups in total. The van der Waals surface area contributed by atoms with Gasteiger partial charge in [-0.2, -0.15) is 0 Å². The van der Waals surface area contributed by atoms with E-state index in [1.807, 2.05) is 55.5 Å². The Kier molecular flexibility index (Phi) is 8.47. The van der Waals surface area contributed by atoms with Crippen LogP contribution < -0.4 is 14.8 Å². The molecule has 190 valence electrons. The van der Waals surface area contributed by atoms with E-state index >= 15 is 0 Å². The number of dihydropyridines is 1. The smallest absolute Gasteiger partial charge is 0.336 e. The first-order valence-electron chi connectivity index (χ1n) is 12.8. The first-order chi connectivity index (χ1) is 17.5. The normalized spacial score (nSPS) is 17.4. The van der Waals surface area contributed by atoms with Gasteiger partial charge in [0, 0.05) is 29.3 Å². The van der Waals surface area contributed by atoms with Gasteiger partial charge in [-0.25, -0.2) is 4.79 Å². The summed E-state index contributed by atoms with van der Waals surface area (Å²) in [6.07, 6.45) is 4.93. The second-order valence-corrected chi connectivity index (χ2v) is 9.29. The van der Waals surface area contributed by atoms with Gasteiger partial charge in [-0.05, 0) is 49.4 Å². The molecule has 6 heteroatoms. The zero-order valence-electron chi connectivity index (χ0n) is 21.4. The van der Waals surface area contributed by atoms with Gasteiger partial charge in [-0.15, -0.1) is 0 Å². The van der Waals surface area contributed by atoms with E-state index < -0.39 is 5.92 Å². The summed E-state index contributed by atoms with van der Waals surface area (Å²) in [5, 5.41) is 3.34. The molecule has 0 spiro atoms. The second kappa shape index (κ2) is 11.9. The number of benzene rings is 2. The lowest BCUT2D eigenvalue weighted by Gasteiger charge is -2.34. The van der Waals surface area contributed by atoms with Crippen LogP contribution in [0.2, 0.25) is 0 Å². The zero-order valence-corrected chi connectivity index (χ0v) is 21.4. The van der Waals surface area contributed by atoms with Gasteiger partial charge in [0.1, 0.15) is 6.61 Å². The highest BCUT2D eigenvalue weighted by Crippen LogP contribution is 2.44. The molecule has 0 aromatic heterocycles. The standard InChI is InChI=1S/C30H35NO5/c1-4-5-9-17-35-30(33)27-20(2)31-23-13-10-14-24(32)29(23)28(27)22-15-16-25(26(18-22)34-3)36-19-21-11-7-6-8-12-21/h6-8,11-12,15-16,18,28,31H,4-5,9-10,13-14,17,19H2,1-3H3. The Labute approximate surface area is 213 Å². The molecule has 0 amide bonds. The molecule has 1 atom stereocenters. The maximum atomic E-state index is 13.3. The minimum absolute atomic E-state index is 0.0703. The van der Waals surface area contributed by atoms with Crippen LogP contribution in [-0.2, 0) is 20.9 Å². The Balaban J connectivity index is 1.67. The summed E-state index contributed by atoms with van der Waals surface area (Å²) in [5.41, 5.74) is 4.64. The third-order valence-electron chi connectivity index (χ3n) is 6.74. The molecule has 0 saturated heterocycles. The van der Waals surface area contributed by atoms with E-state index in [0.29, 0.717) is 42.3 Å². The average molecular weight is 490 g/mol. The SMILES string of the molecule is CCCCCOC(=O)C1=C(C)NC2=C(C(=O)CCC2)C1c1ccc(OCc2ccccc2)c(OC)c1. The molecule has 2 aromatic carbocycles. The molecule has 2 aromatic rings. The fourth-order valence-corrected chi connectivity index (χ4v) is 4.90. The molecule has 0 saturated carbocycles. The third kappa shape index (κ3) is 5.64. The predicted molar refractivity (Wildman–Crippen MR) is 139 cm³/mol. The summed E-state index contributed by atoms with van der Waals surface area (Å²) in [7, 11) is 1.59. The zero-order chi connectivity index (χ0) is 25.5. The number of rotatable bonds is 10. The van der Waals surface area contributed by atoms with E-state index in [1.165, 1.54) is 0 Å². The summed E-state index contributed by atoms with van der Waals surface area (Å²) in [5.74, 6) is 0.341. The van der Waals surface area contributed by atoms with Gasteiger partial charge >= 0.3 is 5.97 Å². The fourth-order valence-electron chi connectivity index (χ4n) is 4.90. The quantitative estimate of drug-likeness (QED) is 0.327. The van der Waals surface area contributed by atoms with Gasteiger partial charge in [-0.3, -0.25) is 4.79 Å². The molecule has 2 aliphatic rings. The topological polar surface area (TPSA) is 73.9 Å². The lowest BCUT2D eigenvalue weighted by molar-refractivity contribution is -0.139. The maximum absolute atomic E-state index is 13.3. The lowest BCUT2D eigenvalue weighted by Crippen LogP contribution is -2.34. The number of ether oxygens (including phenoxy) is 3. The molecule has 4 rings (SSSR count). The number of ketones is 1. The van der Waals surface area contributed by atoms with Gasteiger partial charge < -0.3 is 19.5 Å². The molecule has 1 aliphatic heterocycles. The molecular formula is C30H35NO5. The highest BCUT2D eigenvalue weighted by atomic mass is 16.5. The van der Waals surface area contributed by atoms with Crippen molar-refractivity contribution in [2.75, 3.05) is 13.7 Å². The minimum Gasteiger partial charge on any atom is -0.493 e. The van der Waals surface area contributed by atoms with E-state index in [2.05, 4.69) is 12.2 Å². The Morgan fingerprint density at radius 2 is 1.86 bits per heavy atom. The second-order valence-electron chi connectivity index (χ2n) is 9.29. The van der Waals surface area contributed by atoms with Gasteiger partial charge in [0.05, 0.1) is 19.3 Å². The van der Waals surface area contributed by atoms with Crippen molar-refractivity contribution in [3.8, 4) is 11.5 Å². The third-order valence-corrected chi connectivity index (χ3v) is 6.74. The van der Waals surface area contributed by atoms with Crippen molar-refractivity contribution in [2.45, 2.75) is 64.9 Å². The molecule has 0 bridgehead atoms. The van der Waals surface area contributed by atoms with Crippen LogP contribution in [0, 0.1) is 0 Å². The van der Waals surface area contributed by atoms with Crippen LogP contribution in [0.3, 0.4) is 0 Å². The van der Waals surface area contributed by atoms with Crippen LogP contribution in [-0.4, -0.2) is 25.5 Å². The van der Waals surface area contributed by atoms with Crippen molar-refractivity contribution < 1.29 is 23.8 Å². The van der Waals surface area contributed by atoms with Crippen molar-refractivity contribution in [3.05, 3.63) is 82.2 Å². The van der Waals surface area contributed by atoms with Crippen LogP contribution in [0.1, 0.15) is 69.4 Å². The molecule has 1 heterocycles. The highest BCUT2D eigenvalue weighted by Gasteiger charge is 2.39. The van der Waals surface area contributed by atoms with Crippen LogP contribution in [0.5, 0.6) is 11.5 Å². The van der Waals surface area contributed by atoms with Crippen molar-refractivity contribution >= 4 is 11.8 Å². The van der Waals surface area contributed by atoms with E-state index in [4.69, 9.17) is 14.2 Å². The van der Waals surface area contributed by atoms with E-state index in [0.717, 1.165) is 54.6 Å². The molecular weight excluding hydrogens is 454 g/mol. The highest BCUT2D eigenvalue weighted by molar-refractivity contribution is 6.03. The first-order valence-corrected chi connectivity index (χ1v) is 12.8. The minimum atomic E-state index is -0.509. The number of carbonyl (C=O) groups is 2. The van der Waals surface area contributed by atoms with Crippen LogP contribution >= 0.6 is 0 Å². The summed E-state index contributed by atoms with van der Waals surface area (Å²) >= 11 is 0. The van der Waals surface area contributed by atoms with Crippen LogP contribution in [0.15, 0.2) is 71.1 Å². The van der Waals surface area contributed by atoms with Gasteiger partial charge in [0.15, 0.2) is 17.3 Å². The molecule has 36 heavy (non-hydrogen) atoms. The molecule has 1 unspecified atom stereocenters. The number of hydrogen-bond donors (Lipinski definition) is 1. The van der Waals surface area contributed by atoms with Gasteiger partial charge in [0.2, 0.25) is 0 Å². The number of methoxy groups -OCH3 is 1. The summed E-state index contributed by atoms with van der Waals surface area (Å²) in [6.45, 7) is 4.77. The number of allylic oxidation sites excluding steroid dienone is 3. The maximum Gasteiger partial charge on any atom is 0.336 e. The van der Waals surface area contributed by atoms with E-state index in [1.54, 1.807) is 7.11 Å². The fraction of sp³-hybridized carbons (Fsp3) is 0.400. The van der Waals surface area contributed by atoms with Crippen molar-refractivity contribution in [1.29, 1.82) is 0 Å². The van der Waals surface area contributed by atoms with E-state index in [9.17, 15) is 9.59 Å². The Bertz CT molecular complexity index is 1170. The number of esters is 1. The number of carbonyl (C=O) groups excluding carboxylic acids is 2. The number of nitrogens with one attached hydrogen (secondary N) is 1. The number of Topliss-reactive ketones (excluding diaryl/α,β-unsaturated/α-hetero) is 1.